The third kappa shape index (κ3) is 4.22. The summed E-state index contributed by atoms with van der Waals surface area (Å²) in [6.45, 7) is 0. The van der Waals surface area contributed by atoms with E-state index in [9.17, 15) is 0 Å². The van der Waals surface area contributed by atoms with Gasteiger partial charge in [0.25, 0.3) is 0 Å². The first-order valence-corrected chi connectivity index (χ1v) is 6.87. The van der Waals surface area contributed by atoms with Crippen molar-refractivity contribution in [2.75, 3.05) is 5.73 Å². The van der Waals surface area contributed by atoms with Gasteiger partial charge in [-0.3, -0.25) is 0 Å². The minimum atomic E-state index is 0.660. The summed E-state index contributed by atoms with van der Waals surface area (Å²) in [5, 5.41) is 5.96. The molecule has 84 valence electrons. The standard InChI is InChI=1S/C5H2ClNS2.C4H4ClNS/c6-5-4(7-3-8)1-2-9-5;5-4-3(6)1-2-7-4/h1-2H;1-2H,6H2. The highest BCUT2D eigenvalue weighted by Gasteiger charge is 1.95. The fraction of sp³-hybridized carbons (Fsp3) is 0. The summed E-state index contributed by atoms with van der Waals surface area (Å²) in [7, 11) is 0. The van der Waals surface area contributed by atoms with Gasteiger partial charge in [-0.2, -0.15) is 4.99 Å². The molecule has 0 unspecified atom stereocenters. The number of halogens is 2. The highest BCUT2D eigenvalue weighted by molar-refractivity contribution is 7.78. The third-order valence-corrected chi connectivity index (χ3v) is 3.85. The third-order valence-electron chi connectivity index (χ3n) is 1.41. The zero-order chi connectivity index (χ0) is 12.0. The largest absolute Gasteiger partial charge is 0.397 e. The molecule has 2 nitrogen and oxygen atoms in total. The number of nitrogens with two attached hydrogens (primary N) is 1. The van der Waals surface area contributed by atoms with Crippen molar-refractivity contribution in [1.29, 1.82) is 0 Å². The van der Waals surface area contributed by atoms with E-state index >= 15 is 0 Å². The molecule has 7 heteroatoms. The molecule has 0 spiro atoms. The predicted molar refractivity (Wildman–Crippen MR) is 77.8 cm³/mol. The van der Waals surface area contributed by atoms with Gasteiger partial charge in [-0.05, 0) is 35.1 Å². The number of hydrogen-bond donors (Lipinski definition) is 1. The predicted octanol–water partition coefficient (Wildman–Crippen LogP) is 5.12. The maximum atomic E-state index is 5.66. The van der Waals surface area contributed by atoms with Gasteiger partial charge in [-0.15, -0.1) is 22.7 Å². The molecule has 0 bridgehead atoms. The van der Waals surface area contributed by atoms with Gasteiger partial charge in [0.2, 0.25) is 0 Å². The Labute approximate surface area is 116 Å². The van der Waals surface area contributed by atoms with Crippen molar-refractivity contribution in [2.24, 2.45) is 4.99 Å². The van der Waals surface area contributed by atoms with Gasteiger partial charge < -0.3 is 5.73 Å². The van der Waals surface area contributed by atoms with Crippen LogP contribution in [0.15, 0.2) is 27.9 Å². The molecule has 0 saturated heterocycles. The second-order valence-electron chi connectivity index (χ2n) is 2.43. The van der Waals surface area contributed by atoms with Crippen LogP contribution in [-0.2, 0) is 0 Å². The Hall–Kier alpha value is -0.420. The first-order chi connectivity index (χ1) is 7.65. The molecule has 0 radical (unpaired) electrons. The number of rotatable bonds is 1. The fourth-order valence-electron chi connectivity index (χ4n) is 0.715. The molecular weight excluding hydrogens is 303 g/mol. The molecule has 0 amide bonds. The summed E-state index contributed by atoms with van der Waals surface area (Å²) in [5.41, 5.74) is 6.70. The first-order valence-electron chi connectivity index (χ1n) is 3.94. The molecule has 2 rings (SSSR count). The Morgan fingerprint density at radius 3 is 2.12 bits per heavy atom. The van der Waals surface area contributed by atoms with Crippen LogP contribution in [-0.4, -0.2) is 5.16 Å². The molecule has 0 aliphatic carbocycles. The van der Waals surface area contributed by atoms with Crippen LogP contribution in [0.3, 0.4) is 0 Å². The van der Waals surface area contributed by atoms with Gasteiger partial charge in [0.1, 0.15) is 14.4 Å². The quantitative estimate of drug-likeness (QED) is 0.586. The van der Waals surface area contributed by atoms with E-state index in [0.29, 0.717) is 20.0 Å². The van der Waals surface area contributed by atoms with Gasteiger partial charge in [-0.1, -0.05) is 23.2 Å². The maximum absolute atomic E-state index is 5.66. The Morgan fingerprint density at radius 2 is 1.81 bits per heavy atom. The van der Waals surface area contributed by atoms with Gasteiger partial charge in [0, 0.05) is 0 Å². The van der Waals surface area contributed by atoms with Gasteiger partial charge in [-0.25, -0.2) is 0 Å². The van der Waals surface area contributed by atoms with E-state index in [1.165, 1.54) is 22.7 Å². The summed E-state index contributed by atoms with van der Waals surface area (Å²) >= 11 is 18.4. The molecule has 2 heterocycles. The molecule has 2 aromatic heterocycles. The molecule has 0 aliphatic rings. The molecule has 0 aromatic carbocycles. The topological polar surface area (TPSA) is 38.4 Å². The van der Waals surface area contributed by atoms with Crippen molar-refractivity contribution in [3.63, 3.8) is 0 Å². The summed E-state index contributed by atoms with van der Waals surface area (Å²) in [6, 6.07) is 3.58. The molecule has 0 fully saturated rings. The van der Waals surface area contributed by atoms with E-state index < -0.39 is 0 Å². The number of thiocarbonyl (C=S) groups is 1. The second-order valence-corrected chi connectivity index (χ2v) is 5.65. The maximum Gasteiger partial charge on any atom is 0.119 e. The molecule has 0 aliphatic heterocycles. The van der Waals surface area contributed by atoms with Crippen LogP contribution in [0.1, 0.15) is 0 Å². The zero-order valence-electron chi connectivity index (χ0n) is 7.81. The Bertz CT molecular complexity index is 484. The van der Waals surface area contributed by atoms with E-state index in [-0.39, 0.29) is 0 Å². The lowest BCUT2D eigenvalue weighted by atomic mass is 10.6. The van der Waals surface area contributed by atoms with Crippen LogP contribution in [0, 0.1) is 0 Å². The first kappa shape index (κ1) is 13.6. The van der Waals surface area contributed by atoms with E-state index in [1.807, 2.05) is 10.8 Å². The SMILES string of the molecule is Nc1ccsc1Cl.S=C=Nc1ccsc1Cl. The summed E-state index contributed by atoms with van der Waals surface area (Å²) in [6.07, 6.45) is 0. The minimum Gasteiger partial charge on any atom is -0.397 e. The van der Waals surface area contributed by atoms with Crippen LogP contribution in [0.25, 0.3) is 0 Å². The highest BCUT2D eigenvalue weighted by atomic mass is 35.5. The smallest absolute Gasteiger partial charge is 0.119 e. The van der Waals surface area contributed by atoms with E-state index in [0.717, 1.165) is 0 Å². The number of thiophene rings is 2. The lowest BCUT2D eigenvalue weighted by Gasteiger charge is -1.78. The van der Waals surface area contributed by atoms with Crippen LogP contribution < -0.4 is 5.73 Å². The fourth-order valence-corrected chi connectivity index (χ4v) is 2.38. The van der Waals surface area contributed by atoms with Crippen molar-refractivity contribution in [3.05, 3.63) is 31.6 Å². The van der Waals surface area contributed by atoms with Gasteiger partial charge in [0.15, 0.2) is 0 Å². The number of hydrogen-bond acceptors (Lipinski definition) is 5. The number of aliphatic imine (C=N–C) groups is 1. The van der Waals surface area contributed by atoms with Crippen molar-refractivity contribution < 1.29 is 0 Å². The van der Waals surface area contributed by atoms with Crippen molar-refractivity contribution in [1.82, 2.24) is 0 Å². The Balaban J connectivity index is 0.000000165. The van der Waals surface area contributed by atoms with Crippen LogP contribution in [0.5, 0.6) is 0 Å². The number of isothiocyanates is 1. The number of nitrogens with zero attached hydrogens (tertiary/aromatic N) is 1. The molecule has 2 aromatic rings. The van der Waals surface area contributed by atoms with E-state index in [4.69, 9.17) is 28.9 Å². The van der Waals surface area contributed by atoms with Gasteiger partial charge >= 0.3 is 0 Å². The summed E-state index contributed by atoms with van der Waals surface area (Å²) in [4.78, 5) is 3.71. The zero-order valence-corrected chi connectivity index (χ0v) is 11.8. The molecule has 0 atom stereocenters. The normalized spacial score (nSPS) is 8.88. The minimum absolute atomic E-state index is 0.660. The van der Waals surface area contributed by atoms with E-state index in [1.54, 1.807) is 12.1 Å². The number of anilines is 1. The molecule has 0 saturated carbocycles. The lowest BCUT2D eigenvalue weighted by molar-refractivity contribution is 1.63. The van der Waals surface area contributed by atoms with Crippen LogP contribution in [0.2, 0.25) is 8.67 Å². The Morgan fingerprint density at radius 1 is 1.19 bits per heavy atom. The van der Waals surface area contributed by atoms with E-state index in [2.05, 4.69) is 22.4 Å². The van der Waals surface area contributed by atoms with Crippen molar-refractivity contribution in [3.8, 4) is 0 Å². The van der Waals surface area contributed by atoms with Crippen LogP contribution in [0.4, 0.5) is 11.4 Å². The van der Waals surface area contributed by atoms with Crippen molar-refractivity contribution >= 4 is 74.6 Å². The average molecular weight is 309 g/mol. The summed E-state index contributed by atoms with van der Waals surface area (Å²) in [5.74, 6) is 0. The highest BCUT2D eigenvalue weighted by Crippen LogP contribution is 2.29. The number of nitrogen functional groups attached to an aromatic ring is 1. The lowest BCUT2D eigenvalue weighted by Crippen LogP contribution is -1.77. The average Bonchev–Trinajstić information content (AvgIpc) is 2.81. The molecule has 2 N–H and O–H groups in total. The van der Waals surface area contributed by atoms with Crippen molar-refractivity contribution in [2.45, 2.75) is 0 Å². The second kappa shape index (κ2) is 7.01. The van der Waals surface area contributed by atoms with Gasteiger partial charge in [0.05, 0.1) is 10.8 Å². The molecule has 16 heavy (non-hydrogen) atoms. The van der Waals surface area contributed by atoms with Crippen LogP contribution >= 0.6 is 58.1 Å². The Kier molecular flexibility index (Phi) is 5.98. The monoisotopic (exact) mass is 308 g/mol. The summed E-state index contributed by atoms with van der Waals surface area (Å²) < 4.78 is 1.34. The molecular formula is C9H6Cl2N2S3.